The molecule has 1 aromatic carbocycles. The van der Waals surface area contributed by atoms with E-state index in [2.05, 4.69) is 25.1 Å². The van der Waals surface area contributed by atoms with Crippen molar-refractivity contribution in [1.29, 1.82) is 0 Å². The van der Waals surface area contributed by atoms with E-state index >= 15 is 0 Å². The fraction of sp³-hybridized carbons (Fsp3) is 0.400. The average Bonchev–Trinajstić information content (AvgIpc) is 3.20. The van der Waals surface area contributed by atoms with Crippen molar-refractivity contribution in [3.8, 4) is 17.3 Å². The maximum Gasteiger partial charge on any atom is 0.247 e. The standard InChI is InChI=1S/C20H21N5O2/c1-26-16-7-10-21-19(22-16)25-11-8-20(9-12-25)13-15(20)18-24-23-17(27-18)14-5-3-2-4-6-14/h2-7,10,15H,8-9,11-13H2,1H3/t15-/m1/s1. The second kappa shape index (κ2) is 6.33. The Labute approximate surface area is 157 Å². The zero-order valence-electron chi connectivity index (χ0n) is 15.2. The fourth-order valence-corrected chi connectivity index (χ4v) is 4.07. The molecule has 1 aliphatic carbocycles. The van der Waals surface area contributed by atoms with Crippen LogP contribution in [-0.2, 0) is 0 Å². The first-order valence-electron chi connectivity index (χ1n) is 9.28. The molecule has 2 aliphatic rings. The van der Waals surface area contributed by atoms with Crippen molar-refractivity contribution in [2.24, 2.45) is 5.41 Å². The Morgan fingerprint density at radius 3 is 2.70 bits per heavy atom. The summed E-state index contributed by atoms with van der Waals surface area (Å²) in [5.74, 6) is 3.10. The molecule has 0 bridgehead atoms. The number of piperidine rings is 1. The molecule has 3 heterocycles. The summed E-state index contributed by atoms with van der Waals surface area (Å²) in [6, 6.07) is 11.7. The van der Waals surface area contributed by atoms with E-state index in [9.17, 15) is 0 Å². The van der Waals surface area contributed by atoms with Crippen molar-refractivity contribution in [2.75, 3.05) is 25.1 Å². The van der Waals surface area contributed by atoms with Gasteiger partial charge in [-0.15, -0.1) is 10.2 Å². The van der Waals surface area contributed by atoms with E-state index < -0.39 is 0 Å². The van der Waals surface area contributed by atoms with Crippen LogP contribution < -0.4 is 9.64 Å². The van der Waals surface area contributed by atoms with Crippen molar-refractivity contribution in [3.63, 3.8) is 0 Å². The first-order chi connectivity index (χ1) is 13.3. The Morgan fingerprint density at radius 1 is 1.11 bits per heavy atom. The van der Waals surface area contributed by atoms with E-state index in [1.807, 2.05) is 30.3 Å². The lowest BCUT2D eigenvalue weighted by Gasteiger charge is -2.32. The lowest BCUT2D eigenvalue weighted by Crippen LogP contribution is -2.36. The summed E-state index contributed by atoms with van der Waals surface area (Å²) in [6.07, 6.45) is 5.04. The van der Waals surface area contributed by atoms with Gasteiger partial charge in [0.15, 0.2) is 0 Å². The third kappa shape index (κ3) is 2.93. The summed E-state index contributed by atoms with van der Waals surface area (Å²) in [5, 5.41) is 8.58. The molecule has 2 aromatic heterocycles. The molecule has 27 heavy (non-hydrogen) atoms. The molecular formula is C20H21N5O2. The smallest absolute Gasteiger partial charge is 0.247 e. The second-order valence-electron chi connectivity index (χ2n) is 7.32. The highest BCUT2D eigenvalue weighted by atomic mass is 16.5. The van der Waals surface area contributed by atoms with Crippen molar-refractivity contribution in [3.05, 3.63) is 48.5 Å². The van der Waals surface area contributed by atoms with Gasteiger partial charge in [-0.2, -0.15) is 4.98 Å². The van der Waals surface area contributed by atoms with Gasteiger partial charge in [0.25, 0.3) is 0 Å². The minimum absolute atomic E-state index is 0.288. The molecule has 1 aliphatic heterocycles. The lowest BCUT2D eigenvalue weighted by atomic mass is 9.91. The Bertz CT molecular complexity index is 934. The van der Waals surface area contributed by atoms with Gasteiger partial charge in [-0.25, -0.2) is 4.98 Å². The minimum Gasteiger partial charge on any atom is -0.481 e. The third-order valence-corrected chi connectivity index (χ3v) is 5.82. The van der Waals surface area contributed by atoms with Gasteiger partial charge in [-0.05, 0) is 36.8 Å². The first kappa shape index (κ1) is 16.2. The van der Waals surface area contributed by atoms with Crippen LogP contribution in [0.3, 0.4) is 0 Å². The number of ether oxygens (including phenoxy) is 1. The quantitative estimate of drug-likeness (QED) is 0.704. The van der Waals surface area contributed by atoms with Crippen LogP contribution in [0.1, 0.15) is 31.1 Å². The summed E-state index contributed by atoms with van der Waals surface area (Å²) >= 11 is 0. The summed E-state index contributed by atoms with van der Waals surface area (Å²) in [5.41, 5.74) is 1.26. The van der Waals surface area contributed by atoms with Gasteiger partial charge >= 0.3 is 0 Å². The highest BCUT2D eigenvalue weighted by Gasteiger charge is 2.58. The van der Waals surface area contributed by atoms with Crippen LogP contribution in [0, 0.1) is 5.41 Å². The van der Waals surface area contributed by atoms with Crippen LogP contribution in [0.4, 0.5) is 5.95 Å². The zero-order chi connectivity index (χ0) is 18.3. The maximum absolute atomic E-state index is 5.99. The summed E-state index contributed by atoms with van der Waals surface area (Å²) < 4.78 is 11.2. The van der Waals surface area contributed by atoms with E-state index in [0.717, 1.165) is 49.8 Å². The molecule has 1 saturated heterocycles. The maximum atomic E-state index is 5.99. The molecule has 1 atom stereocenters. The monoisotopic (exact) mass is 363 g/mol. The molecule has 0 N–H and O–H groups in total. The molecule has 1 spiro atoms. The van der Waals surface area contributed by atoms with Crippen LogP contribution in [-0.4, -0.2) is 40.4 Å². The predicted octanol–water partition coefficient (Wildman–Crippen LogP) is 3.31. The summed E-state index contributed by atoms with van der Waals surface area (Å²) in [7, 11) is 1.63. The SMILES string of the molecule is COc1ccnc(N2CCC3(CC2)C[C@@H]3c2nnc(-c3ccccc3)o2)n1. The van der Waals surface area contributed by atoms with Crippen LogP contribution in [0.25, 0.3) is 11.5 Å². The molecule has 0 unspecified atom stereocenters. The minimum atomic E-state index is 0.288. The zero-order valence-corrected chi connectivity index (χ0v) is 15.2. The van der Waals surface area contributed by atoms with Gasteiger partial charge in [-0.1, -0.05) is 18.2 Å². The molecule has 0 amide bonds. The summed E-state index contributed by atoms with van der Waals surface area (Å²) in [6.45, 7) is 1.87. The highest BCUT2D eigenvalue weighted by molar-refractivity contribution is 5.52. The van der Waals surface area contributed by atoms with Gasteiger partial charge in [0, 0.05) is 36.8 Å². The van der Waals surface area contributed by atoms with E-state index in [-0.39, 0.29) is 5.41 Å². The predicted molar refractivity (Wildman–Crippen MR) is 99.6 cm³/mol. The number of aromatic nitrogens is 4. The number of benzene rings is 1. The van der Waals surface area contributed by atoms with Gasteiger partial charge in [0.1, 0.15) is 0 Å². The Morgan fingerprint density at radius 2 is 1.93 bits per heavy atom. The number of nitrogens with zero attached hydrogens (tertiary/aromatic N) is 5. The van der Waals surface area contributed by atoms with Crippen LogP contribution in [0.2, 0.25) is 0 Å². The summed E-state index contributed by atoms with van der Waals surface area (Å²) in [4.78, 5) is 11.1. The first-order valence-corrected chi connectivity index (χ1v) is 9.28. The van der Waals surface area contributed by atoms with Gasteiger partial charge < -0.3 is 14.1 Å². The Hall–Kier alpha value is -2.96. The number of rotatable bonds is 4. The fourth-order valence-electron chi connectivity index (χ4n) is 4.07. The number of methoxy groups -OCH3 is 1. The highest BCUT2D eigenvalue weighted by Crippen LogP contribution is 2.64. The van der Waals surface area contributed by atoms with Crippen molar-refractivity contribution in [2.45, 2.75) is 25.2 Å². The molecule has 0 radical (unpaired) electrons. The molecule has 3 aromatic rings. The average molecular weight is 363 g/mol. The molecule has 1 saturated carbocycles. The van der Waals surface area contributed by atoms with Crippen LogP contribution in [0.15, 0.2) is 47.0 Å². The second-order valence-corrected chi connectivity index (χ2v) is 7.32. The van der Waals surface area contributed by atoms with Gasteiger partial charge in [0.2, 0.25) is 23.6 Å². The molecule has 7 nitrogen and oxygen atoms in total. The van der Waals surface area contributed by atoms with E-state index in [0.29, 0.717) is 17.7 Å². The lowest BCUT2D eigenvalue weighted by molar-refractivity contribution is 0.349. The topological polar surface area (TPSA) is 77.2 Å². The Kier molecular flexibility index (Phi) is 3.81. The normalized spacial score (nSPS) is 20.6. The number of hydrogen-bond donors (Lipinski definition) is 0. The molecule has 2 fully saturated rings. The van der Waals surface area contributed by atoms with Gasteiger partial charge in [-0.3, -0.25) is 0 Å². The Balaban J connectivity index is 1.26. The largest absolute Gasteiger partial charge is 0.481 e. The van der Waals surface area contributed by atoms with Crippen LogP contribution >= 0.6 is 0 Å². The number of anilines is 1. The number of hydrogen-bond acceptors (Lipinski definition) is 7. The van der Waals surface area contributed by atoms with Gasteiger partial charge in [0.05, 0.1) is 7.11 Å². The van der Waals surface area contributed by atoms with Crippen LogP contribution in [0.5, 0.6) is 5.88 Å². The van der Waals surface area contributed by atoms with E-state index in [1.165, 1.54) is 0 Å². The van der Waals surface area contributed by atoms with Crippen molar-refractivity contribution >= 4 is 5.95 Å². The van der Waals surface area contributed by atoms with E-state index in [1.54, 1.807) is 19.4 Å². The third-order valence-electron chi connectivity index (χ3n) is 5.82. The van der Waals surface area contributed by atoms with Crippen molar-refractivity contribution < 1.29 is 9.15 Å². The molecule has 5 rings (SSSR count). The van der Waals surface area contributed by atoms with E-state index in [4.69, 9.17) is 9.15 Å². The molecule has 138 valence electrons. The molecular weight excluding hydrogens is 342 g/mol. The van der Waals surface area contributed by atoms with Crippen molar-refractivity contribution in [1.82, 2.24) is 20.2 Å². The molecule has 7 heteroatoms.